The van der Waals surface area contributed by atoms with E-state index < -0.39 is 11.7 Å². The summed E-state index contributed by atoms with van der Waals surface area (Å²) in [5.41, 5.74) is 8.21. The van der Waals surface area contributed by atoms with Gasteiger partial charge in [0.05, 0.1) is 5.56 Å². The van der Waals surface area contributed by atoms with E-state index in [9.17, 15) is 18.3 Å². The van der Waals surface area contributed by atoms with Crippen LogP contribution in [-0.2, 0) is 27.9 Å². The van der Waals surface area contributed by atoms with Crippen molar-refractivity contribution in [2.75, 3.05) is 0 Å². The van der Waals surface area contributed by atoms with Crippen molar-refractivity contribution in [3.63, 3.8) is 0 Å². The number of benzene rings is 2. The van der Waals surface area contributed by atoms with Gasteiger partial charge in [0.2, 0.25) is 0 Å². The first-order valence-corrected chi connectivity index (χ1v) is 12.4. The van der Waals surface area contributed by atoms with E-state index >= 15 is 0 Å². The summed E-state index contributed by atoms with van der Waals surface area (Å²) in [6.45, 7) is 21.8. The van der Waals surface area contributed by atoms with Gasteiger partial charge in [-0.2, -0.15) is 35.5 Å². The summed E-state index contributed by atoms with van der Waals surface area (Å²) < 4.78 is 38.4. The Balaban J connectivity index is 0.000000573. The van der Waals surface area contributed by atoms with Crippen molar-refractivity contribution in [2.45, 2.75) is 75.4 Å². The molecule has 2 aromatic carbocycles. The predicted molar refractivity (Wildman–Crippen MR) is 155 cm³/mol. The number of halogens is 4. The van der Waals surface area contributed by atoms with Gasteiger partial charge in [-0.05, 0) is 17.7 Å². The Bertz CT molecular complexity index is 1230. The molecule has 0 radical (unpaired) electrons. The van der Waals surface area contributed by atoms with E-state index in [-0.39, 0.29) is 61.8 Å². The number of hydrogen-bond donors (Lipinski definition) is 1. The van der Waals surface area contributed by atoms with Gasteiger partial charge in [-0.15, -0.1) is 26.3 Å². The van der Waals surface area contributed by atoms with E-state index in [4.69, 9.17) is 0 Å². The molecular formula is C33H40ClF3OTi. The van der Waals surface area contributed by atoms with Crippen molar-refractivity contribution in [1.82, 2.24) is 0 Å². The summed E-state index contributed by atoms with van der Waals surface area (Å²) >= 11 is 0. The Morgan fingerprint density at radius 1 is 0.641 bits per heavy atom. The van der Waals surface area contributed by atoms with Crippen LogP contribution in [0.25, 0.3) is 11.1 Å². The molecule has 39 heavy (non-hydrogen) atoms. The molecule has 1 N–H and O–H groups in total. The summed E-state index contributed by atoms with van der Waals surface area (Å²) in [6, 6.07) is 11.2. The number of rotatable bonds is 1. The van der Waals surface area contributed by atoms with Crippen LogP contribution < -0.4 is 0 Å². The molecule has 0 atom stereocenters. The van der Waals surface area contributed by atoms with Crippen LogP contribution in [0.4, 0.5) is 13.2 Å². The van der Waals surface area contributed by atoms with Crippen molar-refractivity contribution in [2.24, 2.45) is 10.8 Å². The molecule has 0 aromatic heterocycles. The van der Waals surface area contributed by atoms with Crippen molar-refractivity contribution in [1.29, 1.82) is 0 Å². The van der Waals surface area contributed by atoms with Crippen LogP contribution in [0.2, 0.25) is 0 Å². The molecule has 0 bridgehead atoms. The number of alkyl halides is 3. The van der Waals surface area contributed by atoms with Gasteiger partial charge in [0.15, 0.2) is 0 Å². The van der Waals surface area contributed by atoms with E-state index in [1.165, 1.54) is 63.8 Å². The van der Waals surface area contributed by atoms with Crippen LogP contribution in [0.15, 0.2) is 82.0 Å². The Morgan fingerprint density at radius 3 is 1.28 bits per heavy atom. The first-order valence-electron chi connectivity index (χ1n) is 12.4. The van der Waals surface area contributed by atoms with Crippen LogP contribution in [-0.4, -0.2) is 5.11 Å². The molecule has 0 amide bonds. The van der Waals surface area contributed by atoms with Crippen LogP contribution in [0.3, 0.4) is 0 Å². The van der Waals surface area contributed by atoms with Gasteiger partial charge in [0.25, 0.3) is 0 Å². The second kappa shape index (κ2) is 14.1. The topological polar surface area (TPSA) is 20.2 Å². The van der Waals surface area contributed by atoms with Gasteiger partial charge >= 0.3 is 27.9 Å². The maximum absolute atomic E-state index is 12.8. The summed E-state index contributed by atoms with van der Waals surface area (Å²) in [6.07, 6.45) is 2.44. The summed E-state index contributed by atoms with van der Waals surface area (Å²) in [5.74, 6) is -0.163. The molecule has 0 saturated carbocycles. The van der Waals surface area contributed by atoms with Gasteiger partial charge < -0.3 is 5.11 Å². The van der Waals surface area contributed by atoms with Gasteiger partial charge in [-0.3, -0.25) is 12.2 Å². The van der Waals surface area contributed by atoms with E-state index in [2.05, 4.69) is 81.4 Å². The molecule has 0 heterocycles. The summed E-state index contributed by atoms with van der Waals surface area (Å²) in [7, 11) is 0. The minimum Gasteiger partial charge on any atom is -0.507 e. The van der Waals surface area contributed by atoms with E-state index in [1.54, 1.807) is 12.1 Å². The Kier molecular flexibility index (Phi) is 13.3. The largest absolute Gasteiger partial charge is 2.00 e. The van der Waals surface area contributed by atoms with Crippen LogP contribution in [0.1, 0.15) is 74.8 Å². The standard InChI is InChI=1S/C13H9F3O.2C10H15.ClH.Ti/c14-13(15,16)11-7-3-1-5-9(11)10-6-2-4-8-12(10)17;2*1-7-6-10(4,5)9(3)8(7)2;;/h1-8,17H;2*1-5H3;1H;/q;2*-1;;+2. The molecule has 1 nitrogen and oxygen atoms in total. The Morgan fingerprint density at radius 2 is 1.00 bits per heavy atom. The molecule has 0 spiro atoms. The zero-order valence-electron chi connectivity index (χ0n) is 24.6. The number of allylic oxidation sites excluding steroid dienone is 8. The number of phenols is 1. The Labute approximate surface area is 254 Å². The van der Waals surface area contributed by atoms with Crippen molar-refractivity contribution in [3.05, 3.63) is 99.7 Å². The fraction of sp³-hybridized carbons (Fsp3) is 0.394. The third-order valence-electron chi connectivity index (χ3n) is 7.55. The van der Waals surface area contributed by atoms with Crippen molar-refractivity contribution >= 4 is 12.4 Å². The smallest absolute Gasteiger partial charge is 0.507 e. The van der Waals surface area contributed by atoms with Gasteiger partial charge in [-0.25, -0.2) is 11.1 Å². The average molecular weight is 593 g/mol. The summed E-state index contributed by atoms with van der Waals surface area (Å²) in [5, 5.41) is 9.59. The Hall–Kier alpha value is -2.01. The fourth-order valence-corrected chi connectivity index (χ4v) is 4.48. The van der Waals surface area contributed by atoms with E-state index in [1.807, 2.05) is 0 Å². The number of hydrogen-bond acceptors (Lipinski definition) is 1. The van der Waals surface area contributed by atoms with E-state index in [0.717, 1.165) is 6.07 Å². The molecule has 2 aliphatic rings. The molecule has 210 valence electrons. The zero-order chi connectivity index (χ0) is 28.3. The second-order valence-corrected chi connectivity index (χ2v) is 10.8. The maximum Gasteiger partial charge on any atom is 2.00 e. The minimum atomic E-state index is -4.43. The van der Waals surface area contributed by atoms with Crippen molar-refractivity contribution < 1.29 is 40.0 Å². The molecule has 0 saturated heterocycles. The van der Waals surface area contributed by atoms with Gasteiger partial charge in [0, 0.05) is 5.56 Å². The molecule has 0 unspecified atom stereocenters. The SMILES string of the molecule is CC1=[C-]C(C)(C)C(C)=C1C.CC1=[C-]C(C)(C)C(C)=C1C.Cl.Oc1ccccc1-c1ccccc1C(F)(F)F.[Ti+2]. The molecule has 2 aromatic rings. The number of aromatic hydroxyl groups is 1. The summed E-state index contributed by atoms with van der Waals surface area (Å²) in [4.78, 5) is 0. The molecule has 4 rings (SSSR count). The monoisotopic (exact) mass is 592 g/mol. The molecule has 0 aliphatic heterocycles. The maximum atomic E-state index is 12.8. The third-order valence-corrected chi connectivity index (χ3v) is 7.55. The zero-order valence-corrected chi connectivity index (χ0v) is 27.0. The van der Waals surface area contributed by atoms with Gasteiger partial charge in [0.1, 0.15) is 5.75 Å². The van der Waals surface area contributed by atoms with Crippen LogP contribution in [0, 0.1) is 23.0 Å². The van der Waals surface area contributed by atoms with Crippen LogP contribution in [0.5, 0.6) is 5.75 Å². The molecule has 2 aliphatic carbocycles. The molecule has 0 fully saturated rings. The predicted octanol–water partition coefficient (Wildman–Crippen LogP) is 10.7. The quantitative estimate of drug-likeness (QED) is 0.258. The second-order valence-electron chi connectivity index (χ2n) is 10.8. The van der Waals surface area contributed by atoms with Crippen molar-refractivity contribution in [3.8, 4) is 16.9 Å². The third kappa shape index (κ3) is 9.00. The minimum absolute atomic E-state index is 0. The van der Waals surface area contributed by atoms with E-state index in [0.29, 0.717) is 0 Å². The normalized spacial score (nSPS) is 17.1. The molecule has 6 heteroatoms. The molecular weight excluding hydrogens is 553 g/mol. The number of para-hydroxylation sites is 1. The first-order chi connectivity index (χ1) is 16.9. The number of phenolic OH excluding ortho intramolecular Hbond substituents is 1. The first kappa shape index (κ1) is 37.0. The average Bonchev–Trinajstić information content (AvgIpc) is 3.10. The van der Waals surface area contributed by atoms with Crippen LogP contribution >= 0.6 is 12.4 Å². The fourth-order valence-electron chi connectivity index (χ4n) is 4.48. The van der Waals surface area contributed by atoms with Gasteiger partial charge in [-0.1, -0.05) is 103 Å².